The first-order valence-corrected chi connectivity index (χ1v) is 7.94. The van der Waals surface area contributed by atoms with E-state index in [0.29, 0.717) is 5.56 Å². The van der Waals surface area contributed by atoms with Crippen LogP contribution in [-0.4, -0.2) is 47.5 Å². The van der Waals surface area contributed by atoms with E-state index in [4.69, 9.17) is 19.3 Å². The zero-order chi connectivity index (χ0) is 21.3. The van der Waals surface area contributed by atoms with Crippen molar-refractivity contribution < 1.29 is 43.3 Å². The minimum absolute atomic E-state index is 0.0187. The van der Waals surface area contributed by atoms with Gasteiger partial charge in [-0.2, -0.15) is 0 Å². The Bertz CT molecular complexity index is 813. The number of carboxylic acid groups (broad SMARTS) is 1. The maximum Gasteiger partial charge on any atom is 0.330 e. The van der Waals surface area contributed by atoms with E-state index in [1.165, 1.54) is 38.1 Å². The molecule has 1 rings (SSSR count). The summed E-state index contributed by atoms with van der Waals surface area (Å²) in [5.74, 6) is -4.01. The van der Waals surface area contributed by atoms with Crippen molar-refractivity contribution in [3.63, 3.8) is 0 Å². The molecule has 0 saturated heterocycles. The molecule has 10 nitrogen and oxygen atoms in total. The second-order valence-corrected chi connectivity index (χ2v) is 5.45. The van der Waals surface area contributed by atoms with Crippen molar-refractivity contribution in [2.75, 3.05) is 6.61 Å². The molecule has 28 heavy (non-hydrogen) atoms. The van der Waals surface area contributed by atoms with Crippen molar-refractivity contribution in [2.45, 2.75) is 26.8 Å². The predicted octanol–water partition coefficient (Wildman–Crippen LogP) is 0.683. The van der Waals surface area contributed by atoms with Crippen LogP contribution in [0.5, 0.6) is 11.5 Å². The summed E-state index contributed by atoms with van der Waals surface area (Å²) in [6.45, 7) is 2.94. The van der Waals surface area contributed by atoms with Crippen molar-refractivity contribution in [3.05, 3.63) is 29.8 Å². The van der Waals surface area contributed by atoms with Gasteiger partial charge in [0, 0.05) is 26.8 Å². The third-order valence-electron chi connectivity index (χ3n) is 2.95. The Kier molecular flexibility index (Phi) is 8.35. The van der Waals surface area contributed by atoms with Crippen LogP contribution in [0.2, 0.25) is 0 Å². The number of rotatable bonds is 8. The minimum Gasteiger partial charge on any atom is -0.480 e. The SMILES string of the molecule is CC(=O)NC(COC(=O)/C=C/c1ccc(OC(C)=O)c(OC(C)=O)c1)C(=O)O. The number of hydrogen-bond acceptors (Lipinski definition) is 8. The molecule has 0 aromatic heterocycles. The maximum atomic E-state index is 11.7. The van der Waals surface area contributed by atoms with Gasteiger partial charge in [0.25, 0.3) is 0 Å². The van der Waals surface area contributed by atoms with Crippen molar-refractivity contribution >= 4 is 35.9 Å². The molecule has 0 radical (unpaired) electrons. The number of benzene rings is 1. The van der Waals surface area contributed by atoms with Gasteiger partial charge in [-0.1, -0.05) is 6.07 Å². The number of nitrogens with one attached hydrogen (secondary N) is 1. The van der Waals surface area contributed by atoms with Gasteiger partial charge in [0.2, 0.25) is 5.91 Å². The van der Waals surface area contributed by atoms with E-state index >= 15 is 0 Å². The van der Waals surface area contributed by atoms with Crippen LogP contribution >= 0.6 is 0 Å². The van der Waals surface area contributed by atoms with Crippen LogP contribution in [0, 0.1) is 0 Å². The van der Waals surface area contributed by atoms with Crippen LogP contribution in [-0.2, 0) is 28.7 Å². The molecular weight excluding hydrogens is 374 g/mol. The lowest BCUT2D eigenvalue weighted by Crippen LogP contribution is -2.43. The van der Waals surface area contributed by atoms with Gasteiger partial charge < -0.3 is 24.6 Å². The lowest BCUT2D eigenvalue weighted by Gasteiger charge is -2.12. The second kappa shape index (κ2) is 10.5. The molecule has 0 aliphatic heterocycles. The van der Waals surface area contributed by atoms with Crippen molar-refractivity contribution in [2.24, 2.45) is 0 Å². The summed E-state index contributed by atoms with van der Waals surface area (Å²) in [4.78, 5) is 55.9. The molecule has 1 unspecified atom stereocenters. The second-order valence-electron chi connectivity index (χ2n) is 5.45. The Balaban J connectivity index is 2.82. The number of hydrogen-bond donors (Lipinski definition) is 2. The zero-order valence-corrected chi connectivity index (χ0v) is 15.4. The maximum absolute atomic E-state index is 11.7. The normalized spacial score (nSPS) is 11.4. The Morgan fingerprint density at radius 3 is 2.18 bits per heavy atom. The van der Waals surface area contributed by atoms with E-state index in [-0.39, 0.29) is 11.5 Å². The molecule has 150 valence electrons. The van der Waals surface area contributed by atoms with Crippen LogP contribution in [0.4, 0.5) is 0 Å². The van der Waals surface area contributed by atoms with Gasteiger partial charge in [0.05, 0.1) is 0 Å². The molecule has 0 heterocycles. The zero-order valence-electron chi connectivity index (χ0n) is 15.4. The number of carboxylic acids is 1. The molecule has 0 saturated carbocycles. The van der Waals surface area contributed by atoms with Gasteiger partial charge in [-0.25, -0.2) is 9.59 Å². The number of aliphatic carboxylic acids is 1. The highest BCUT2D eigenvalue weighted by atomic mass is 16.6. The molecule has 1 aromatic carbocycles. The van der Waals surface area contributed by atoms with Gasteiger partial charge in [-0.15, -0.1) is 0 Å². The lowest BCUT2D eigenvalue weighted by atomic mass is 10.2. The topological polar surface area (TPSA) is 145 Å². The summed E-state index contributed by atoms with van der Waals surface area (Å²) in [6, 6.07) is 2.86. The highest BCUT2D eigenvalue weighted by Crippen LogP contribution is 2.29. The van der Waals surface area contributed by atoms with Crippen LogP contribution < -0.4 is 14.8 Å². The highest BCUT2D eigenvalue weighted by molar-refractivity contribution is 5.88. The summed E-state index contributed by atoms with van der Waals surface area (Å²) in [6.07, 6.45) is 2.34. The fourth-order valence-electron chi connectivity index (χ4n) is 1.90. The van der Waals surface area contributed by atoms with Gasteiger partial charge >= 0.3 is 23.9 Å². The third-order valence-corrected chi connectivity index (χ3v) is 2.95. The van der Waals surface area contributed by atoms with E-state index in [1.54, 1.807) is 0 Å². The quantitative estimate of drug-likeness (QED) is 0.370. The molecule has 1 aromatic rings. The summed E-state index contributed by atoms with van der Waals surface area (Å²) in [7, 11) is 0. The standard InChI is InChI=1S/C18H19NO9/c1-10(20)19-14(18(24)25)9-26-17(23)7-5-13-4-6-15(27-11(2)21)16(8-13)28-12(3)22/h4-8,14H,9H2,1-3H3,(H,19,20)(H,24,25)/b7-5+. The largest absolute Gasteiger partial charge is 0.480 e. The highest BCUT2D eigenvalue weighted by Gasteiger charge is 2.20. The van der Waals surface area contributed by atoms with Gasteiger partial charge in [0.15, 0.2) is 17.5 Å². The smallest absolute Gasteiger partial charge is 0.330 e. The van der Waals surface area contributed by atoms with Crippen molar-refractivity contribution in [3.8, 4) is 11.5 Å². The fraction of sp³-hybridized carbons (Fsp3) is 0.278. The van der Waals surface area contributed by atoms with E-state index < -0.39 is 42.4 Å². The summed E-state index contributed by atoms with van der Waals surface area (Å²) in [5.41, 5.74) is 0.417. The molecule has 0 aliphatic rings. The molecule has 10 heteroatoms. The number of carbonyl (C=O) groups is 5. The summed E-state index contributed by atoms with van der Waals surface area (Å²) >= 11 is 0. The molecule has 0 aliphatic carbocycles. The molecule has 0 bridgehead atoms. The van der Waals surface area contributed by atoms with Gasteiger partial charge in [0.1, 0.15) is 6.61 Å². The first-order valence-electron chi connectivity index (χ1n) is 7.94. The van der Waals surface area contributed by atoms with Crippen LogP contribution in [0.15, 0.2) is 24.3 Å². The fourth-order valence-corrected chi connectivity index (χ4v) is 1.90. The van der Waals surface area contributed by atoms with Gasteiger partial charge in [-0.3, -0.25) is 14.4 Å². The van der Waals surface area contributed by atoms with Crippen LogP contribution in [0.1, 0.15) is 26.3 Å². The van der Waals surface area contributed by atoms with E-state index in [2.05, 4.69) is 5.32 Å². The molecule has 2 N–H and O–H groups in total. The van der Waals surface area contributed by atoms with Crippen LogP contribution in [0.25, 0.3) is 6.08 Å². The summed E-state index contributed by atoms with van der Waals surface area (Å²) in [5, 5.41) is 11.1. The molecule has 0 fully saturated rings. The van der Waals surface area contributed by atoms with Crippen LogP contribution in [0.3, 0.4) is 0 Å². The number of carbonyl (C=O) groups excluding carboxylic acids is 4. The lowest BCUT2D eigenvalue weighted by molar-refractivity contribution is -0.147. The van der Waals surface area contributed by atoms with Crippen molar-refractivity contribution in [1.29, 1.82) is 0 Å². The minimum atomic E-state index is -1.37. The van der Waals surface area contributed by atoms with E-state index in [1.807, 2.05) is 0 Å². The Morgan fingerprint density at radius 1 is 1.04 bits per heavy atom. The average molecular weight is 393 g/mol. The van der Waals surface area contributed by atoms with E-state index in [0.717, 1.165) is 13.0 Å². The first kappa shape index (κ1) is 22.4. The summed E-state index contributed by atoms with van der Waals surface area (Å²) < 4.78 is 14.7. The Labute approximate surface area is 160 Å². The number of esters is 3. The predicted molar refractivity (Wildman–Crippen MR) is 94.3 cm³/mol. The van der Waals surface area contributed by atoms with Gasteiger partial charge in [-0.05, 0) is 23.8 Å². The Hall–Kier alpha value is -3.69. The molecule has 1 atom stereocenters. The average Bonchev–Trinajstić information content (AvgIpc) is 2.57. The third kappa shape index (κ3) is 8.13. The first-order chi connectivity index (χ1) is 13.1. The monoisotopic (exact) mass is 393 g/mol. The Morgan fingerprint density at radius 2 is 1.64 bits per heavy atom. The van der Waals surface area contributed by atoms with Crippen molar-refractivity contribution in [1.82, 2.24) is 5.32 Å². The molecule has 0 spiro atoms. The molecule has 1 amide bonds. The molecular formula is C18H19NO9. The number of amides is 1. The number of ether oxygens (including phenoxy) is 3. The van der Waals surface area contributed by atoms with E-state index in [9.17, 15) is 24.0 Å².